The van der Waals surface area contributed by atoms with Crippen LogP contribution in [0.25, 0.3) is 10.8 Å². The topological polar surface area (TPSA) is 54.0 Å². The van der Waals surface area contributed by atoms with Crippen LogP contribution in [-0.2, 0) is 6.61 Å². The lowest BCUT2D eigenvalue weighted by molar-refractivity contribution is 0.0729. The molecule has 4 aromatic rings. The fourth-order valence-corrected chi connectivity index (χ4v) is 4.04. The van der Waals surface area contributed by atoms with Crippen molar-refractivity contribution in [1.29, 1.82) is 0 Å². The molecular weight excluding hydrogens is 530 g/mol. The average molecular weight is 557 g/mol. The molecule has 5 nitrogen and oxygen atoms in total. The Morgan fingerprint density at radius 3 is 1.95 bits per heavy atom. The van der Waals surface area contributed by atoms with E-state index >= 15 is 0 Å². The lowest BCUT2D eigenvalue weighted by Crippen LogP contribution is -2.12. The van der Waals surface area contributed by atoms with E-state index in [0.717, 1.165) is 12.0 Å². The van der Waals surface area contributed by atoms with E-state index in [1.165, 1.54) is 24.3 Å². The van der Waals surface area contributed by atoms with E-state index in [4.69, 9.17) is 42.1 Å². The molecular formula is C30H27Cl2FO5. The summed E-state index contributed by atoms with van der Waals surface area (Å²) in [6.45, 7) is 4.90. The van der Waals surface area contributed by atoms with Crippen LogP contribution in [-0.4, -0.2) is 19.2 Å². The lowest BCUT2D eigenvalue weighted by Gasteiger charge is -2.22. The Bertz CT molecular complexity index is 1410. The zero-order valence-corrected chi connectivity index (χ0v) is 22.6. The van der Waals surface area contributed by atoms with Crippen molar-refractivity contribution < 1.29 is 28.1 Å². The van der Waals surface area contributed by atoms with Crippen LogP contribution >= 0.6 is 23.2 Å². The van der Waals surface area contributed by atoms with Crippen molar-refractivity contribution in [2.24, 2.45) is 0 Å². The normalized spacial score (nSPS) is 10.9. The maximum atomic E-state index is 13.4. The van der Waals surface area contributed by atoms with Gasteiger partial charge in [0.1, 0.15) is 12.4 Å². The van der Waals surface area contributed by atoms with Crippen LogP contribution in [0.15, 0.2) is 66.7 Å². The molecule has 0 heterocycles. The highest BCUT2D eigenvalue weighted by molar-refractivity contribution is 6.31. The number of esters is 1. The fourth-order valence-electron chi connectivity index (χ4n) is 3.74. The number of rotatable bonds is 11. The smallest absolute Gasteiger partial charge is 0.343 e. The van der Waals surface area contributed by atoms with Crippen molar-refractivity contribution in [3.8, 4) is 23.0 Å². The first kappa shape index (κ1) is 27.6. The van der Waals surface area contributed by atoms with E-state index in [2.05, 4.69) is 0 Å². The third kappa shape index (κ3) is 6.50. The highest BCUT2D eigenvalue weighted by Gasteiger charge is 2.27. The molecule has 0 aromatic heterocycles. The summed E-state index contributed by atoms with van der Waals surface area (Å²) < 4.78 is 37.9. The van der Waals surface area contributed by atoms with Gasteiger partial charge in [-0.25, -0.2) is 9.18 Å². The molecule has 198 valence electrons. The number of benzene rings is 4. The van der Waals surface area contributed by atoms with E-state index in [-0.39, 0.29) is 23.7 Å². The van der Waals surface area contributed by atoms with Gasteiger partial charge in [-0.2, -0.15) is 0 Å². The minimum absolute atomic E-state index is 0.148. The summed E-state index contributed by atoms with van der Waals surface area (Å²) in [5.74, 6) is 0.0117. The van der Waals surface area contributed by atoms with Gasteiger partial charge >= 0.3 is 5.97 Å². The van der Waals surface area contributed by atoms with Crippen LogP contribution in [0.2, 0.25) is 10.0 Å². The molecule has 38 heavy (non-hydrogen) atoms. The summed E-state index contributed by atoms with van der Waals surface area (Å²) in [7, 11) is 0. The molecule has 0 amide bonds. The van der Waals surface area contributed by atoms with Crippen molar-refractivity contribution in [1.82, 2.24) is 0 Å². The number of carbonyl (C=O) groups is 1. The Morgan fingerprint density at radius 1 is 0.711 bits per heavy atom. The van der Waals surface area contributed by atoms with Gasteiger partial charge in [-0.3, -0.25) is 0 Å². The highest BCUT2D eigenvalue weighted by atomic mass is 35.5. The third-order valence-corrected chi connectivity index (χ3v) is 6.05. The van der Waals surface area contributed by atoms with Gasteiger partial charge in [-0.15, -0.1) is 0 Å². The lowest BCUT2D eigenvalue weighted by atomic mass is 10.1. The Kier molecular flexibility index (Phi) is 9.32. The van der Waals surface area contributed by atoms with Gasteiger partial charge in [0.15, 0.2) is 11.5 Å². The Morgan fingerprint density at radius 2 is 1.32 bits per heavy atom. The first-order valence-corrected chi connectivity index (χ1v) is 13.1. The van der Waals surface area contributed by atoms with Gasteiger partial charge in [0.25, 0.3) is 0 Å². The minimum Gasteiger partial charge on any atom is -0.486 e. The Balaban J connectivity index is 1.87. The van der Waals surface area contributed by atoms with Crippen molar-refractivity contribution in [3.63, 3.8) is 0 Å². The van der Waals surface area contributed by atoms with Gasteiger partial charge < -0.3 is 18.9 Å². The standard InChI is InChI=1S/C30H27Cl2FO5/c1-3-15-35-28-26(37-18-19-5-9-21(31)10-6-19)24-14-11-22(32)17-25(24)27(29(28)36-16-4-2)38-30(34)20-7-12-23(33)13-8-20/h5-14,17H,3-4,15-16,18H2,1-2H3. The van der Waals surface area contributed by atoms with E-state index in [0.29, 0.717) is 52.0 Å². The SMILES string of the molecule is CCCOc1c(OCCC)c(OC(=O)c2ccc(F)cc2)c2cc(Cl)ccc2c1OCc1ccc(Cl)cc1. The van der Waals surface area contributed by atoms with E-state index in [1.54, 1.807) is 30.3 Å². The Labute approximate surface area is 231 Å². The predicted molar refractivity (Wildman–Crippen MR) is 148 cm³/mol. The summed E-state index contributed by atoms with van der Waals surface area (Å²) in [4.78, 5) is 13.1. The number of halogens is 3. The summed E-state index contributed by atoms with van der Waals surface area (Å²) in [6.07, 6.45) is 1.43. The van der Waals surface area contributed by atoms with Gasteiger partial charge in [-0.05, 0) is 73.0 Å². The fraction of sp³-hybridized carbons (Fsp3) is 0.233. The van der Waals surface area contributed by atoms with Crippen LogP contribution in [0.5, 0.6) is 23.0 Å². The second-order valence-electron chi connectivity index (χ2n) is 8.51. The number of hydrogen-bond acceptors (Lipinski definition) is 5. The first-order valence-electron chi connectivity index (χ1n) is 12.3. The first-order chi connectivity index (χ1) is 18.4. The number of carbonyl (C=O) groups excluding carboxylic acids is 1. The van der Waals surface area contributed by atoms with Crippen LogP contribution in [0.4, 0.5) is 4.39 Å². The van der Waals surface area contributed by atoms with Crippen molar-refractivity contribution >= 4 is 39.9 Å². The van der Waals surface area contributed by atoms with Crippen LogP contribution in [0.3, 0.4) is 0 Å². The van der Waals surface area contributed by atoms with E-state index in [9.17, 15) is 9.18 Å². The summed E-state index contributed by atoms with van der Waals surface area (Å²) >= 11 is 12.4. The van der Waals surface area contributed by atoms with Gasteiger partial charge in [0.05, 0.1) is 18.8 Å². The molecule has 0 N–H and O–H groups in total. The molecule has 0 aliphatic heterocycles. The van der Waals surface area contributed by atoms with E-state index in [1.807, 2.05) is 26.0 Å². The molecule has 4 aromatic carbocycles. The molecule has 0 unspecified atom stereocenters. The molecule has 4 rings (SSSR count). The molecule has 0 aliphatic carbocycles. The van der Waals surface area contributed by atoms with Gasteiger partial charge in [0, 0.05) is 20.8 Å². The van der Waals surface area contributed by atoms with Crippen molar-refractivity contribution in [2.75, 3.05) is 13.2 Å². The van der Waals surface area contributed by atoms with Crippen molar-refractivity contribution in [3.05, 3.63) is 93.7 Å². The second-order valence-corrected chi connectivity index (χ2v) is 9.39. The monoisotopic (exact) mass is 556 g/mol. The van der Waals surface area contributed by atoms with Crippen LogP contribution in [0.1, 0.15) is 42.6 Å². The molecule has 0 atom stereocenters. The summed E-state index contributed by atoms with van der Waals surface area (Å²) in [5, 5.41) is 2.20. The van der Waals surface area contributed by atoms with Crippen LogP contribution in [0, 0.1) is 5.82 Å². The quantitative estimate of drug-likeness (QED) is 0.136. The summed E-state index contributed by atoms with van der Waals surface area (Å²) in [5.41, 5.74) is 1.09. The average Bonchev–Trinajstić information content (AvgIpc) is 2.92. The second kappa shape index (κ2) is 12.9. The highest BCUT2D eigenvalue weighted by Crippen LogP contribution is 2.52. The summed E-state index contributed by atoms with van der Waals surface area (Å²) in [6, 6.07) is 17.6. The van der Waals surface area contributed by atoms with Crippen molar-refractivity contribution in [2.45, 2.75) is 33.3 Å². The molecule has 8 heteroatoms. The van der Waals surface area contributed by atoms with Crippen LogP contribution < -0.4 is 18.9 Å². The molecule has 0 aliphatic rings. The number of fused-ring (bicyclic) bond motifs is 1. The zero-order chi connectivity index (χ0) is 27.1. The zero-order valence-electron chi connectivity index (χ0n) is 21.1. The molecule has 0 spiro atoms. The molecule has 0 saturated carbocycles. The van der Waals surface area contributed by atoms with Gasteiger partial charge in [0.2, 0.25) is 11.5 Å². The molecule has 0 fully saturated rings. The molecule has 0 saturated heterocycles. The number of ether oxygens (including phenoxy) is 4. The predicted octanol–water partition coefficient (Wildman–Crippen LogP) is 8.66. The third-order valence-electron chi connectivity index (χ3n) is 5.56. The number of hydrogen-bond donors (Lipinski definition) is 0. The molecule has 0 radical (unpaired) electrons. The maximum absolute atomic E-state index is 13.4. The largest absolute Gasteiger partial charge is 0.486 e. The maximum Gasteiger partial charge on any atom is 0.343 e. The van der Waals surface area contributed by atoms with Gasteiger partial charge in [-0.1, -0.05) is 49.2 Å². The Hall–Kier alpha value is -3.48. The molecule has 0 bridgehead atoms. The van der Waals surface area contributed by atoms with E-state index < -0.39 is 11.8 Å². The minimum atomic E-state index is -0.677.